The van der Waals surface area contributed by atoms with Gasteiger partial charge in [0.1, 0.15) is 11.6 Å². The van der Waals surface area contributed by atoms with Crippen molar-refractivity contribution in [1.29, 1.82) is 0 Å². The molecule has 3 aromatic rings. The van der Waals surface area contributed by atoms with Crippen molar-refractivity contribution < 1.29 is 14.0 Å². The molecule has 1 N–H and O–H groups in total. The molecular formula is C20H20N4O3S. The number of rotatable bonds is 8. The van der Waals surface area contributed by atoms with E-state index < -0.39 is 0 Å². The van der Waals surface area contributed by atoms with Crippen molar-refractivity contribution in [2.75, 3.05) is 11.1 Å². The summed E-state index contributed by atoms with van der Waals surface area (Å²) in [5.41, 5.74) is 1.02. The topological polar surface area (TPSA) is 90.0 Å². The van der Waals surface area contributed by atoms with Crippen LogP contribution in [0.2, 0.25) is 0 Å². The monoisotopic (exact) mass is 396 g/mol. The minimum Gasteiger partial charge on any atom is -0.467 e. The molecule has 1 aromatic carbocycles. The van der Waals surface area contributed by atoms with Crippen LogP contribution in [-0.4, -0.2) is 32.2 Å². The van der Waals surface area contributed by atoms with Crippen LogP contribution in [0.5, 0.6) is 0 Å². The maximum absolute atomic E-state index is 12.4. The lowest BCUT2D eigenvalue weighted by atomic mass is 10.1. The molecule has 1 amide bonds. The average molecular weight is 396 g/mol. The van der Waals surface area contributed by atoms with Crippen LogP contribution in [0.4, 0.5) is 5.69 Å². The SMILES string of the molecule is CC(=O)c1ccccc1NC(=O)CSc1nnc(C2CC2)n1Cc1ccco1. The third-order valence-corrected chi connectivity index (χ3v) is 5.46. The van der Waals surface area contributed by atoms with Gasteiger partial charge in [-0.2, -0.15) is 0 Å². The van der Waals surface area contributed by atoms with Crippen molar-refractivity contribution in [2.45, 2.75) is 37.4 Å². The van der Waals surface area contributed by atoms with Crippen molar-refractivity contribution in [1.82, 2.24) is 14.8 Å². The number of amides is 1. The van der Waals surface area contributed by atoms with E-state index in [1.165, 1.54) is 18.7 Å². The molecule has 0 aliphatic heterocycles. The number of ketones is 1. The molecule has 2 aromatic heterocycles. The summed E-state index contributed by atoms with van der Waals surface area (Å²) >= 11 is 1.33. The Morgan fingerprint density at radius 2 is 2.04 bits per heavy atom. The standard InChI is InChI=1S/C20H20N4O3S/c1-13(25)16-6-2-3-7-17(16)21-18(26)12-28-20-23-22-19(14-8-9-14)24(20)11-15-5-4-10-27-15/h2-7,10,14H,8-9,11-12H2,1H3,(H,21,26). The third-order valence-electron chi connectivity index (χ3n) is 4.49. The molecule has 0 saturated heterocycles. The molecule has 0 unspecified atom stereocenters. The highest BCUT2D eigenvalue weighted by atomic mass is 32.2. The smallest absolute Gasteiger partial charge is 0.234 e. The molecule has 0 radical (unpaired) electrons. The summed E-state index contributed by atoms with van der Waals surface area (Å²) in [6.45, 7) is 2.03. The number of nitrogens with zero attached hydrogens (tertiary/aromatic N) is 3. The predicted octanol–water partition coefficient (Wildman–Crippen LogP) is 3.73. The summed E-state index contributed by atoms with van der Waals surface area (Å²) in [6.07, 6.45) is 3.87. The molecular weight excluding hydrogens is 376 g/mol. The number of Topliss-reactive ketones (excluding diaryl/α,β-unsaturated/α-hetero) is 1. The molecule has 1 aliphatic rings. The largest absolute Gasteiger partial charge is 0.467 e. The molecule has 28 heavy (non-hydrogen) atoms. The van der Waals surface area contributed by atoms with Crippen molar-refractivity contribution in [3.63, 3.8) is 0 Å². The number of carbonyl (C=O) groups excluding carboxylic acids is 2. The normalized spacial score (nSPS) is 13.5. The Hall–Kier alpha value is -2.87. The number of thioether (sulfide) groups is 1. The lowest BCUT2D eigenvalue weighted by Crippen LogP contribution is -2.16. The van der Waals surface area contributed by atoms with Crippen LogP contribution >= 0.6 is 11.8 Å². The van der Waals surface area contributed by atoms with Crippen LogP contribution < -0.4 is 5.32 Å². The van der Waals surface area contributed by atoms with E-state index >= 15 is 0 Å². The fourth-order valence-corrected chi connectivity index (χ4v) is 3.72. The van der Waals surface area contributed by atoms with Gasteiger partial charge in [0.05, 0.1) is 24.2 Å². The number of carbonyl (C=O) groups is 2. The number of aromatic nitrogens is 3. The van der Waals surface area contributed by atoms with Crippen LogP contribution in [0, 0.1) is 0 Å². The van der Waals surface area contributed by atoms with E-state index in [2.05, 4.69) is 15.5 Å². The second kappa shape index (κ2) is 8.02. The number of anilines is 1. The minimum atomic E-state index is -0.195. The Morgan fingerprint density at radius 1 is 1.21 bits per heavy atom. The second-order valence-corrected chi connectivity index (χ2v) is 7.66. The van der Waals surface area contributed by atoms with Gasteiger partial charge in [0.2, 0.25) is 5.91 Å². The summed E-state index contributed by atoms with van der Waals surface area (Å²) in [5, 5.41) is 12.1. The molecule has 0 spiro atoms. The van der Waals surface area contributed by atoms with Crippen LogP contribution in [0.25, 0.3) is 0 Å². The van der Waals surface area contributed by atoms with E-state index in [1.54, 1.807) is 30.5 Å². The van der Waals surface area contributed by atoms with Crippen LogP contribution in [-0.2, 0) is 11.3 Å². The summed E-state index contributed by atoms with van der Waals surface area (Å²) in [5.74, 6) is 2.10. The van der Waals surface area contributed by atoms with E-state index in [0.717, 1.165) is 24.4 Å². The fourth-order valence-electron chi connectivity index (χ4n) is 2.97. The molecule has 0 bridgehead atoms. The average Bonchev–Trinajstić information content (AvgIpc) is 3.24. The van der Waals surface area contributed by atoms with Crippen molar-refractivity contribution in [3.05, 3.63) is 59.8 Å². The number of hydrogen-bond donors (Lipinski definition) is 1. The lowest BCUT2D eigenvalue weighted by Gasteiger charge is -2.10. The molecule has 8 heteroatoms. The molecule has 4 rings (SSSR count). The van der Waals surface area contributed by atoms with Gasteiger partial charge < -0.3 is 9.73 Å². The highest BCUT2D eigenvalue weighted by molar-refractivity contribution is 7.99. The van der Waals surface area contributed by atoms with Gasteiger partial charge in [-0.05, 0) is 44.0 Å². The second-order valence-electron chi connectivity index (χ2n) is 6.72. The zero-order valence-corrected chi connectivity index (χ0v) is 16.2. The molecule has 0 atom stereocenters. The molecule has 2 heterocycles. The van der Waals surface area contributed by atoms with Gasteiger partial charge in [0, 0.05) is 11.5 Å². The summed E-state index contributed by atoms with van der Waals surface area (Å²) in [6, 6.07) is 10.8. The highest BCUT2D eigenvalue weighted by Crippen LogP contribution is 2.40. The van der Waals surface area contributed by atoms with Gasteiger partial charge in [-0.15, -0.1) is 10.2 Å². The molecule has 1 aliphatic carbocycles. The molecule has 7 nitrogen and oxygen atoms in total. The first-order valence-corrected chi connectivity index (χ1v) is 10.1. The zero-order valence-electron chi connectivity index (χ0n) is 15.4. The summed E-state index contributed by atoms with van der Waals surface area (Å²) in [4.78, 5) is 24.1. The summed E-state index contributed by atoms with van der Waals surface area (Å²) in [7, 11) is 0. The lowest BCUT2D eigenvalue weighted by molar-refractivity contribution is -0.113. The maximum atomic E-state index is 12.4. The first-order valence-electron chi connectivity index (χ1n) is 9.10. The quantitative estimate of drug-likeness (QED) is 0.461. The van der Waals surface area contributed by atoms with Crippen molar-refractivity contribution in [3.8, 4) is 0 Å². The highest BCUT2D eigenvalue weighted by Gasteiger charge is 2.30. The predicted molar refractivity (Wildman–Crippen MR) is 106 cm³/mol. The molecule has 1 fully saturated rings. The Morgan fingerprint density at radius 3 is 2.75 bits per heavy atom. The van der Waals surface area contributed by atoms with Crippen molar-refractivity contribution in [2.24, 2.45) is 0 Å². The minimum absolute atomic E-state index is 0.0872. The van der Waals surface area contributed by atoms with Crippen LogP contribution in [0.1, 0.15) is 47.6 Å². The van der Waals surface area contributed by atoms with E-state index in [1.807, 2.05) is 16.7 Å². The van der Waals surface area contributed by atoms with Crippen molar-refractivity contribution >= 4 is 29.1 Å². The molecule has 144 valence electrons. The fraction of sp³-hybridized carbons (Fsp3) is 0.300. The number of para-hydroxylation sites is 1. The van der Waals surface area contributed by atoms with Gasteiger partial charge in [-0.3, -0.25) is 14.2 Å². The number of nitrogens with one attached hydrogen (secondary N) is 1. The Kier molecular flexibility index (Phi) is 5.29. The first kappa shape index (κ1) is 18.5. The third kappa shape index (κ3) is 4.17. The van der Waals surface area contributed by atoms with E-state index in [-0.39, 0.29) is 17.4 Å². The van der Waals surface area contributed by atoms with Gasteiger partial charge in [-0.25, -0.2) is 0 Å². The summed E-state index contributed by atoms with van der Waals surface area (Å²) < 4.78 is 7.49. The zero-order chi connectivity index (χ0) is 19.5. The van der Waals surface area contributed by atoms with E-state index in [4.69, 9.17) is 4.42 Å². The maximum Gasteiger partial charge on any atom is 0.234 e. The molecule has 1 saturated carbocycles. The number of benzene rings is 1. The Balaban J connectivity index is 1.45. The van der Waals surface area contributed by atoms with E-state index in [0.29, 0.717) is 28.9 Å². The number of hydrogen-bond acceptors (Lipinski definition) is 6. The van der Waals surface area contributed by atoms with Gasteiger partial charge in [-0.1, -0.05) is 23.9 Å². The van der Waals surface area contributed by atoms with Crippen LogP contribution in [0.15, 0.2) is 52.2 Å². The van der Waals surface area contributed by atoms with Gasteiger partial charge in [0.25, 0.3) is 0 Å². The first-order chi connectivity index (χ1) is 13.6. The van der Waals surface area contributed by atoms with Gasteiger partial charge >= 0.3 is 0 Å². The Bertz CT molecular complexity index is 993. The Labute approximate surface area is 166 Å². The van der Waals surface area contributed by atoms with E-state index in [9.17, 15) is 9.59 Å². The number of furan rings is 1. The van der Waals surface area contributed by atoms with Crippen LogP contribution in [0.3, 0.4) is 0 Å². The van der Waals surface area contributed by atoms with Gasteiger partial charge in [0.15, 0.2) is 10.9 Å².